The lowest BCUT2D eigenvalue weighted by Gasteiger charge is -2.20. The molecular weight excluding hydrogens is 292 g/mol. The smallest absolute Gasteiger partial charge is 0.138 e. The third-order valence-electron chi connectivity index (χ3n) is 3.54. The van der Waals surface area contributed by atoms with Crippen LogP contribution in [0, 0.1) is 11.3 Å². The largest absolute Gasteiger partial charge is 0.378 e. The average Bonchev–Trinajstić information content (AvgIpc) is 3.06. The first-order valence-corrected chi connectivity index (χ1v) is 7.73. The Morgan fingerprint density at radius 1 is 1.14 bits per heavy atom. The van der Waals surface area contributed by atoms with E-state index in [1.54, 1.807) is 19.1 Å². The number of hydrogen-bond donors (Lipinski definition) is 1. The Morgan fingerprint density at radius 2 is 1.91 bits per heavy atom. The van der Waals surface area contributed by atoms with Gasteiger partial charge in [-0.3, -0.25) is 0 Å². The van der Waals surface area contributed by atoms with Crippen molar-refractivity contribution < 1.29 is 5.11 Å². The second-order valence-corrected chi connectivity index (χ2v) is 6.03. The summed E-state index contributed by atoms with van der Waals surface area (Å²) >= 11 is 1.42. The summed E-state index contributed by atoms with van der Waals surface area (Å²) in [6, 6.07) is 18.9. The predicted octanol–water partition coefficient (Wildman–Crippen LogP) is 3.94. The number of benzene rings is 2. The van der Waals surface area contributed by atoms with E-state index >= 15 is 0 Å². The van der Waals surface area contributed by atoms with Gasteiger partial charge in [-0.2, -0.15) is 5.26 Å². The second-order valence-electron chi connectivity index (χ2n) is 5.17. The fourth-order valence-corrected chi connectivity index (χ4v) is 3.17. The molecule has 3 aromatic rings. The third-order valence-corrected chi connectivity index (χ3v) is 4.60. The lowest BCUT2D eigenvalue weighted by Crippen LogP contribution is -2.22. The SMILES string of the molecule is CC(O)(c1ccccc1)c1nc(-c2cccc(C#N)c2)cs1. The van der Waals surface area contributed by atoms with E-state index < -0.39 is 5.60 Å². The molecule has 0 fully saturated rings. The Labute approximate surface area is 133 Å². The molecule has 22 heavy (non-hydrogen) atoms. The molecule has 0 aliphatic carbocycles. The lowest BCUT2D eigenvalue weighted by molar-refractivity contribution is 0.102. The number of aromatic nitrogens is 1. The molecule has 0 aliphatic heterocycles. The Bertz CT molecular complexity index is 832. The highest BCUT2D eigenvalue weighted by Crippen LogP contribution is 2.33. The van der Waals surface area contributed by atoms with Crippen molar-refractivity contribution in [1.29, 1.82) is 5.26 Å². The number of aliphatic hydroxyl groups is 1. The van der Waals surface area contributed by atoms with Gasteiger partial charge in [0, 0.05) is 10.9 Å². The fourth-order valence-electron chi connectivity index (χ4n) is 2.26. The number of thiazole rings is 1. The van der Waals surface area contributed by atoms with Crippen LogP contribution in [-0.2, 0) is 5.60 Å². The molecular formula is C18H14N2OS. The van der Waals surface area contributed by atoms with Gasteiger partial charge in [-0.05, 0) is 24.6 Å². The van der Waals surface area contributed by atoms with Crippen LogP contribution in [0.15, 0.2) is 60.0 Å². The molecule has 0 bridgehead atoms. The molecule has 1 aromatic heterocycles. The summed E-state index contributed by atoms with van der Waals surface area (Å²) in [6.45, 7) is 1.75. The molecule has 1 heterocycles. The Balaban J connectivity index is 1.99. The summed E-state index contributed by atoms with van der Waals surface area (Å²) in [5.74, 6) is 0. The molecule has 0 spiro atoms. The van der Waals surface area contributed by atoms with Gasteiger partial charge in [-0.1, -0.05) is 42.5 Å². The van der Waals surface area contributed by atoms with E-state index in [0.29, 0.717) is 10.6 Å². The minimum Gasteiger partial charge on any atom is -0.378 e. The van der Waals surface area contributed by atoms with Gasteiger partial charge < -0.3 is 5.11 Å². The third kappa shape index (κ3) is 2.64. The molecule has 0 saturated carbocycles. The van der Waals surface area contributed by atoms with Crippen molar-refractivity contribution in [2.24, 2.45) is 0 Å². The van der Waals surface area contributed by atoms with Gasteiger partial charge in [0.25, 0.3) is 0 Å². The summed E-state index contributed by atoms with van der Waals surface area (Å²) in [4.78, 5) is 4.56. The van der Waals surface area contributed by atoms with Crippen molar-refractivity contribution in [3.8, 4) is 17.3 Å². The van der Waals surface area contributed by atoms with Gasteiger partial charge in [0.15, 0.2) is 0 Å². The zero-order chi connectivity index (χ0) is 15.6. The maximum absolute atomic E-state index is 10.8. The van der Waals surface area contributed by atoms with E-state index in [9.17, 15) is 5.11 Å². The maximum atomic E-state index is 10.8. The Morgan fingerprint density at radius 3 is 2.64 bits per heavy atom. The Kier molecular flexibility index (Phi) is 3.76. The standard InChI is InChI=1S/C18H14N2OS/c1-18(21,15-8-3-2-4-9-15)17-20-16(12-22-17)14-7-5-6-13(10-14)11-19/h2-10,12,21H,1H3. The van der Waals surface area contributed by atoms with Gasteiger partial charge in [-0.25, -0.2) is 4.98 Å². The number of nitrogens with zero attached hydrogens (tertiary/aromatic N) is 2. The Hall–Kier alpha value is -2.48. The van der Waals surface area contributed by atoms with Gasteiger partial charge in [0.2, 0.25) is 0 Å². The van der Waals surface area contributed by atoms with E-state index in [-0.39, 0.29) is 0 Å². The summed E-state index contributed by atoms with van der Waals surface area (Å²) in [7, 11) is 0. The topological polar surface area (TPSA) is 56.9 Å². The zero-order valence-electron chi connectivity index (χ0n) is 12.0. The molecule has 3 nitrogen and oxygen atoms in total. The maximum Gasteiger partial charge on any atom is 0.138 e. The average molecular weight is 306 g/mol. The van der Waals surface area contributed by atoms with Crippen molar-refractivity contribution in [3.05, 3.63) is 76.1 Å². The number of nitriles is 1. The van der Waals surface area contributed by atoms with Gasteiger partial charge in [0.1, 0.15) is 10.6 Å². The number of rotatable bonds is 3. The van der Waals surface area contributed by atoms with E-state index in [1.807, 2.05) is 47.8 Å². The highest BCUT2D eigenvalue weighted by molar-refractivity contribution is 7.10. The molecule has 1 atom stereocenters. The highest BCUT2D eigenvalue weighted by Gasteiger charge is 2.29. The minimum atomic E-state index is -1.13. The zero-order valence-corrected chi connectivity index (χ0v) is 12.8. The summed E-state index contributed by atoms with van der Waals surface area (Å²) < 4.78 is 0. The van der Waals surface area contributed by atoms with E-state index in [2.05, 4.69) is 11.1 Å². The van der Waals surface area contributed by atoms with E-state index in [4.69, 9.17) is 5.26 Å². The van der Waals surface area contributed by atoms with Gasteiger partial charge in [0.05, 0.1) is 17.3 Å². The molecule has 0 aliphatic rings. The van der Waals surface area contributed by atoms with Crippen molar-refractivity contribution >= 4 is 11.3 Å². The minimum absolute atomic E-state index is 0.599. The van der Waals surface area contributed by atoms with Crippen LogP contribution in [0.3, 0.4) is 0 Å². The molecule has 0 amide bonds. The monoisotopic (exact) mass is 306 g/mol. The predicted molar refractivity (Wildman–Crippen MR) is 87.4 cm³/mol. The fraction of sp³-hybridized carbons (Fsp3) is 0.111. The van der Waals surface area contributed by atoms with Crippen molar-refractivity contribution in [3.63, 3.8) is 0 Å². The van der Waals surface area contributed by atoms with E-state index in [1.165, 1.54) is 11.3 Å². The van der Waals surface area contributed by atoms with E-state index in [0.717, 1.165) is 16.8 Å². The lowest BCUT2D eigenvalue weighted by atomic mass is 9.97. The summed E-state index contributed by atoms with van der Waals surface area (Å²) in [6.07, 6.45) is 0. The first-order valence-electron chi connectivity index (χ1n) is 6.85. The van der Waals surface area contributed by atoms with Crippen LogP contribution in [0.1, 0.15) is 23.1 Å². The van der Waals surface area contributed by atoms with Crippen LogP contribution >= 0.6 is 11.3 Å². The van der Waals surface area contributed by atoms with Gasteiger partial charge >= 0.3 is 0 Å². The summed E-state index contributed by atoms with van der Waals surface area (Å²) in [5.41, 5.74) is 1.93. The second kappa shape index (κ2) is 5.72. The molecule has 1 unspecified atom stereocenters. The van der Waals surface area contributed by atoms with Crippen molar-refractivity contribution in [1.82, 2.24) is 4.98 Å². The molecule has 3 rings (SSSR count). The number of hydrogen-bond acceptors (Lipinski definition) is 4. The van der Waals surface area contributed by atoms with Crippen LogP contribution in [-0.4, -0.2) is 10.1 Å². The molecule has 0 radical (unpaired) electrons. The molecule has 0 saturated heterocycles. The first-order chi connectivity index (χ1) is 10.6. The molecule has 2 aromatic carbocycles. The van der Waals surface area contributed by atoms with Gasteiger partial charge in [-0.15, -0.1) is 11.3 Å². The molecule has 4 heteroatoms. The van der Waals surface area contributed by atoms with Crippen LogP contribution in [0.25, 0.3) is 11.3 Å². The quantitative estimate of drug-likeness (QED) is 0.797. The molecule has 108 valence electrons. The van der Waals surface area contributed by atoms with Crippen LogP contribution in [0.5, 0.6) is 0 Å². The molecule has 1 N–H and O–H groups in total. The normalized spacial score (nSPS) is 13.3. The highest BCUT2D eigenvalue weighted by atomic mass is 32.1. The van der Waals surface area contributed by atoms with Crippen molar-refractivity contribution in [2.75, 3.05) is 0 Å². The first kappa shape index (κ1) is 14.5. The van der Waals surface area contributed by atoms with Crippen LogP contribution in [0.4, 0.5) is 0 Å². The summed E-state index contributed by atoms with van der Waals surface area (Å²) in [5, 5.41) is 22.3. The van der Waals surface area contributed by atoms with Crippen LogP contribution < -0.4 is 0 Å². The van der Waals surface area contributed by atoms with Crippen LogP contribution in [0.2, 0.25) is 0 Å². The van der Waals surface area contributed by atoms with Crippen molar-refractivity contribution in [2.45, 2.75) is 12.5 Å².